The topological polar surface area (TPSA) is 78.4 Å². The molecule has 0 radical (unpaired) electrons. The fraction of sp³-hybridized carbons (Fsp3) is 0.0667. The maximum Gasteiger partial charge on any atom is 0.314 e. The summed E-state index contributed by atoms with van der Waals surface area (Å²) in [5.41, 5.74) is 1.46. The van der Waals surface area contributed by atoms with Crippen molar-refractivity contribution < 1.29 is 14.7 Å². The van der Waals surface area contributed by atoms with Crippen molar-refractivity contribution in [3.8, 4) is 5.75 Å². The molecule has 0 aliphatic rings. The number of carbonyl (C=O) groups is 2. The summed E-state index contributed by atoms with van der Waals surface area (Å²) in [5, 5.41) is 14.7. The normalized spacial score (nSPS) is 10.0. The van der Waals surface area contributed by atoms with Crippen LogP contribution < -0.4 is 10.6 Å². The minimum Gasteiger partial charge on any atom is -0.506 e. The number of phenolic OH excluding ortho intramolecular Hbond substituents is 1. The Morgan fingerprint density at radius 3 is 2.29 bits per heavy atom. The second kappa shape index (κ2) is 6.28. The van der Waals surface area contributed by atoms with E-state index in [1.165, 1.54) is 18.2 Å². The van der Waals surface area contributed by atoms with Crippen molar-refractivity contribution in [2.45, 2.75) is 6.92 Å². The lowest BCUT2D eigenvalue weighted by atomic mass is 10.2. The van der Waals surface area contributed by atoms with Crippen LogP contribution in [0.1, 0.15) is 5.56 Å². The smallest absolute Gasteiger partial charge is 0.314 e. The Bertz CT molecular complexity index is 701. The number of amides is 2. The number of nitrogens with one attached hydrogen (secondary N) is 2. The van der Waals surface area contributed by atoms with E-state index < -0.39 is 11.8 Å². The molecule has 21 heavy (non-hydrogen) atoms. The van der Waals surface area contributed by atoms with Gasteiger partial charge in [-0.1, -0.05) is 29.8 Å². The molecule has 2 aromatic carbocycles. The average molecular weight is 305 g/mol. The first-order chi connectivity index (χ1) is 9.97. The molecule has 5 nitrogen and oxygen atoms in total. The number of phenols is 1. The van der Waals surface area contributed by atoms with E-state index in [0.29, 0.717) is 10.7 Å². The van der Waals surface area contributed by atoms with Crippen LogP contribution >= 0.6 is 11.6 Å². The highest BCUT2D eigenvalue weighted by molar-refractivity contribution is 6.44. The van der Waals surface area contributed by atoms with E-state index in [9.17, 15) is 14.7 Å². The van der Waals surface area contributed by atoms with Gasteiger partial charge in [-0.25, -0.2) is 0 Å². The predicted octanol–water partition coefficient (Wildman–Crippen LogP) is 2.93. The molecule has 2 aromatic rings. The van der Waals surface area contributed by atoms with Crippen LogP contribution in [-0.2, 0) is 9.59 Å². The fourth-order valence-electron chi connectivity index (χ4n) is 1.68. The van der Waals surface area contributed by atoms with Crippen LogP contribution in [0.3, 0.4) is 0 Å². The highest BCUT2D eigenvalue weighted by Gasteiger charge is 2.16. The van der Waals surface area contributed by atoms with Gasteiger partial charge in [0.2, 0.25) is 0 Å². The number of halogens is 1. The third-order valence-electron chi connectivity index (χ3n) is 2.81. The van der Waals surface area contributed by atoms with Gasteiger partial charge in [0, 0.05) is 10.7 Å². The second-order valence-electron chi connectivity index (χ2n) is 4.38. The largest absolute Gasteiger partial charge is 0.506 e. The molecule has 2 rings (SSSR count). The van der Waals surface area contributed by atoms with Gasteiger partial charge in [0.15, 0.2) is 0 Å². The molecule has 0 saturated heterocycles. The molecule has 0 aromatic heterocycles. The number of hydrogen-bond acceptors (Lipinski definition) is 3. The first-order valence-corrected chi connectivity index (χ1v) is 6.51. The highest BCUT2D eigenvalue weighted by atomic mass is 35.5. The first kappa shape index (κ1) is 14.9. The van der Waals surface area contributed by atoms with Crippen molar-refractivity contribution in [3.63, 3.8) is 0 Å². The highest BCUT2D eigenvalue weighted by Crippen LogP contribution is 2.26. The molecule has 0 atom stereocenters. The zero-order valence-corrected chi connectivity index (χ0v) is 11.9. The van der Waals surface area contributed by atoms with Crippen LogP contribution in [0, 0.1) is 6.92 Å². The number of benzene rings is 2. The molecule has 6 heteroatoms. The molecule has 0 bridgehead atoms. The van der Waals surface area contributed by atoms with Gasteiger partial charge >= 0.3 is 11.8 Å². The summed E-state index contributed by atoms with van der Waals surface area (Å²) in [7, 11) is 0. The average Bonchev–Trinajstić information content (AvgIpc) is 2.45. The number of anilines is 2. The van der Waals surface area contributed by atoms with E-state index >= 15 is 0 Å². The van der Waals surface area contributed by atoms with Crippen molar-refractivity contribution >= 4 is 34.8 Å². The summed E-state index contributed by atoms with van der Waals surface area (Å²) in [4.78, 5) is 23.6. The third-order valence-corrected chi connectivity index (χ3v) is 3.04. The zero-order chi connectivity index (χ0) is 15.4. The number of carbonyl (C=O) groups excluding carboxylic acids is 2. The van der Waals surface area contributed by atoms with Crippen LogP contribution in [0.15, 0.2) is 42.5 Å². The standard InChI is InChI=1S/C15H13ClN2O3/c1-9-4-2-3-5-11(9)17-14(20)15(21)18-12-8-10(16)6-7-13(12)19/h2-8,19H,1H3,(H,17,20)(H,18,21). The van der Waals surface area contributed by atoms with Gasteiger partial charge in [-0.15, -0.1) is 0 Å². The summed E-state index contributed by atoms with van der Waals surface area (Å²) in [6, 6.07) is 11.2. The van der Waals surface area contributed by atoms with Crippen molar-refractivity contribution in [2.75, 3.05) is 10.6 Å². The molecule has 0 unspecified atom stereocenters. The quantitative estimate of drug-likeness (QED) is 0.589. The molecule has 0 spiro atoms. The van der Waals surface area contributed by atoms with Crippen LogP contribution in [0.5, 0.6) is 5.75 Å². The van der Waals surface area contributed by atoms with Crippen molar-refractivity contribution in [1.82, 2.24) is 0 Å². The first-order valence-electron chi connectivity index (χ1n) is 6.14. The summed E-state index contributed by atoms with van der Waals surface area (Å²) >= 11 is 5.77. The molecule has 0 aliphatic carbocycles. The van der Waals surface area contributed by atoms with Crippen LogP contribution in [-0.4, -0.2) is 16.9 Å². The number of para-hydroxylation sites is 1. The Hall–Kier alpha value is -2.53. The Balaban J connectivity index is 2.08. The Labute approximate surface area is 126 Å². The van der Waals surface area contributed by atoms with Crippen LogP contribution in [0.4, 0.5) is 11.4 Å². The molecule has 108 valence electrons. The lowest BCUT2D eigenvalue weighted by Crippen LogP contribution is -2.29. The lowest BCUT2D eigenvalue weighted by Gasteiger charge is -2.09. The summed E-state index contributed by atoms with van der Waals surface area (Å²) in [5.74, 6) is -1.89. The lowest BCUT2D eigenvalue weighted by molar-refractivity contribution is -0.133. The predicted molar refractivity (Wildman–Crippen MR) is 81.6 cm³/mol. The summed E-state index contributed by atoms with van der Waals surface area (Å²) < 4.78 is 0. The van der Waals surface area contributed by atoms with Gasteiger partial charge in [-0.3, -0.25) is 9.59 Å². The van der Waals surface area contributed by atoms with Gasteiger partial charge in [0.1, 0.15) is 5.75 Å². The monoisotopic (exact) mass is 304 g/mol. The molecular formula is C15H13ClN2O3. The number of aryl methyl sites for hydroxylation is 1. The number of aromatic hydroxyl groups is 1. The van der Waals surface area contributed by atoms with E-state index in [0.717, 1.165) is 5.56 Å². The van der Waals surface area contributed by atoms with Crippen LogP contribution in [0.2, 0.25) is 5.02 Å². The van der Waals surface area contributed by atoms with Gasteiger partial charge in [0.25, 0.3) is 0 Å². The van der Waals surface area contributed by atoms with E-state index in [2.05, 4.69) is 10.6 Å². The van der Waals surface area contributed by atoms with Gasteiger partial charge in [0.05, 0.1) is 5.69 Å². The van der Waals surface area contributed by atoms with E-state index in [-0.39, 0.29) is 11.4 Å². The molecule has 2 amide bonds. The van der Waals surface area contributed by atoms with Gasteiger partial charge < -0.3 is 15.7 Å². The minimum absolute atomic E-state index is 0.0763. The number of rotatable bonds is 2. The van der Waals surface area contributed by atoms with Crippen molar-refractivity contribution in [3.05, 3.63) is 53.1 Å². The SMILES string of the molecule is Cc1ccccc1NC(=O)C(=O)Nc1cc(Cl)ccc1O. The molecule has 0 fully saturated rings. The van der Waals surface area contributed by atoms with E-state index in [4.69, 9.17) is 11.6 Å². The summed E-state index contributed by atoms with van der Waals surface area (Å²) in [6.07, 6.45) is 0. The minimum atomic E-state index is -0.893. The Morgan fingerprint density at radius 2 is 1.62 bits per heavy atom. The molecular weight excluding hydrogens is 292 g/mol. The molecule has 0 aliphatic heterocycles. The van der Waals surface area contributed by atoms with Crippen molar-refractivity contribution in [2.24, 2.45) is 0 Å². The summed E-state index contributed by atoms with van der Waals surface area (Å²) in [6.45, 7) is 1.82. The maximum atomic E-state index is 11.8. The Morgan fingerprint density at radius 1 is 1.00 bits per heavy atom. The van der Waals surface area contributed by atoms with Gasteiger partial charge in [-0.2, -0.15) is 0 Å². The fourth-order valence-corrected chi connectivity index (χ4v) is 1.85. The van der Waals surface area contributed by atoms with Gasteiger partial charge in [-0.05, 0) is 36.8 Å². The number of hydrogen-bond donors (Lipinski definition) is 3. The van der Waals surface area contributed by atoms with Crippen LogP contribution in [0.25, 0.3) is 0 Å². The van der Waals surface area contributed by atoms with Crippen molar-refractivity contribution in [1.29, 1.82) is 0 Å². The molecule has 0 saturated carbocycles. The molecule has 0 heterocycles. The maximum absolute atomic E-state index is 11.8. The zero-order valence-electron chi connectivity index (χ0n) is 11.2. The molecule has 3 N–H and O–H groups in total. The third kappa shape index (κ3) is 3.73. The van der Waals surface area contributed by atoms with E-state index in [1.54, 1.807) is 12.1 Å². The second-order valence-corrected chi connectivity index (χ2v) is 4.82. The van der Waals surface area contributed by atoms with E-state index in [1.807, 2.05) is 19.1 Å². The Kier molecular flexibility index (Phi) is 4.45.